The average Bonchev–Trinajstić information content (AvgIpc) is 2.82. The fourth-order valence-corrected chi connectivity index (χ4v) is 4.27. The first-order valence-corrected chi connectivity index (χ1v) is 9.20. The van der Waals surface area contributed by atoms with Crippen molar-refractivity contribution < 1.29 is 22.7 Å². The number of hydrogen-bond donors (Lipinski definition) is 2. The predicted molar refractivity (Wildman–Crippen MR) is 84.6 cm³/mol. The van der Waals surface area contributed by atoms with Crippen molar-refractivity contribution in [2.75, 3.05) is 18.1 Å². The molecule has 1 saturated heterocycles. The van der Waals surface area contributed by atoms with E-state index in [9.17, 15) is 18.0 Å². The van der Waals surface area contributed by atoms with Gasteiger partial charge in [0.1, 0.15) is 5.75 Å². The fraction of sp³-hybridized carbons (Fsp3) is 0.429. The minimum absolute atomic E-state index is 0.0201. The van der Waals surface area contributed by atoms with Crippen molar-refractivity contribution in [1.82, 2.24) is 10.9 Å². The highest BCUT2D eigenvalue weighted by Gasteiger charge is 2.29. The Kier molecular flexibility index (Phi) is 5.84. The largest absolute Gasteiger partial charge is 0.484 e. The second-order valence-corrected chi connectivity index (χ2v) is 7.98. The lowest BCUT2D eigenvalue weighted by Gasteiger charge is -2.10. The molecule has 0 saturated carbocycles. The molecule has 0 unspecified atom stereocenters. The highest BCUT2D eigenvalue weighted by Crippen LogP contribution is 2.21. The van der Waals surface area contributed by atoms with Crippen LogP contribution in [0, 0.1) is 5.92 Å². The minimum Gasteiger partial charge on any atom is -0.484 e. The molecule has 0 radical (unpaired) electrons. The number of benzene rings is 1. The summed E-state index contributed by atoms with van der Waals surface area (Å²) in [6.45, 7) is -0.279. The smallest absolute Gasteiger partial charge is 0.276 e. The van der Waals surface area contributed by atoms with E-state index in [-0.39, 0.29) is 30.5 Å². The van der Waals surface area contributed by atoms with Gasteiger partial charge in [-0.3, -0.25) is 20.4 Å². The lowest BCUT2D eigenvalue weighted by Crippen LogP contribution is -2.44. The summed E-state index contributed by atoms with van der Waals surface area (Å²) < 4.78 is 27.8. The monoisotopic (exact) mass is 360 g/mol. The van der Waals surface area contributed by atoms with Crippen molar-refractivity contribution >= 4 is 33.3 Å². The van der Waals surface area contributed by atoms with Crippen LogP contribution in [0.25, 0.3) is 0 Å². The van der Waals surface area contributed by atoms with Crippen LogP contribution in [0.3, 0.4) is 0 Å². The Balaban J connectivity index is 1.67. The van der Waals surface area contributed by atoms with E-state index in [1.165, 1.54) is 0 Å². The number of rotatable bonds is 5. The molecule has 7 nitrogen and oxygen atoms in total. The van der Waals surface area contributed by atoms with Gasteiger partial charge in [-0.25, -0.2) is 8.42 Å². The van der Waals surface area contributed by atoms with Gasteiger partial charge in [0.05, 0.1) is 11.5 Å². The molecule has 1 aromatic carbocycles. The first kappa shape index (κ1) is 17.6. The van der Waals surface area contributed by atoms with Crippen molar-refractivity contribution in [3.8, 4) is 5.75 Å². The van der Waals surface area contributed by atoms with Crippen LogP contribution in [0.1, 0.15) is 12.8 Å². The van der Waals surface area contributed by atoms with Crippen LogP contribution in [0.5, 0.6) is 5.75 Å². The van der Waals surface area contributed by atoms with Gasteiger partial charge < -0.3 is 4.74 Å². The first-order valence-electron chi connectivity index (χ1n) is 7.00. The molecule has 1 fully saturated rings. The summed E-state index contributed by atoms with van der Waals surface area (Å²) in [5.41, 5.74) is 4.46. The number of amides is 2. The van der Waals surface area contributed by atoms with Crippen LogP contribution >= 0.6 is 11.6 Å². The number of halogens is 1. The Morgan fingerprint density at radius 2 is 2.00 bits per heavy atom. The summed E-state index contributed by atoms with van der Waals surface area (Å²) >= 11 is 5.78. The Labute approximate surface area is 139 Å². The molecule has 0 aromatic heterocycles. The number of ether oxygens (including phenoxy) is 1. The molecule has 2 N–H and O–H groups in total. The molecule has 0 bridgehead atoms. The molecule has 1 heterocycles. The third kappa shape index (κ3) is 6.07. The van der Waals surface area contributed by atoms with Crippen molar-refractivity contribution in [3.05, 3.63) is 29.3 Å². The molecule has 2 amide bonds. The second-order valence-electron chi connectivity index (χ2n) is 5.32. The molecule has 1 aromatic rings. The number of hydrogen-bond acceptors (Lipinski definition) is 5. The third-order valence-electron chi connectivity index (χ3n) is 3.31. The molecular formula is C14H17ClN2O5S. The zero-order chi connectivity index (χ0) is 16.9. The van der Waals surface area contributed by atoms with Gasteiger partial charge in [-0.15, -0.1) is 0 Å². The number of sulfone groups is 1. The molecule has 23 heavy (non-hydrogen) atoms. The van der Waals surface area contributed by atoms with E-state index in [0.29, 0.717) is 17.2 Å². The topological polar surface area (TPSA) is 102 Å². The summed E-state index contributed by atoms with van der Waals surface area (Å²) in [4.78, 5) is 23.2. The van der Waals surface area contributed by atoms with Crippen molar-refractivity contribution in [2.24, 2.45) is 5.92 Å². The average molecular weight is 361 g/mol. The standard InChI is InChI=1S/C14H17ClN2O5S/c15-11-2-1-3-12(7-11)22-8-14(19)17-16-13(18)6-10-4-5-23(20,21)9-10/h1-3,7,10H,4-6,8-9H2,(H,16,18)(H,17,19)/t10-/m1/s1. The summed E-state index contributed by atoms with van der Waals surface area (Å²) in [6.07, 6.45) is 0.538. The Morgan fingerprint density at radius 1 is 1.26 bits per heavy atom. The van der Waals surface area contributed by atoms with E-state index in [4.69, 9.17) is 16.3 Å². The summed E-state index contributed by atoms with van der Waals surface area (Å²) in [5, 5.41) is 0.489. The highest BCUT2D eigenvalue weighted by atomic mass is 35.5. The summed E-state index contributed by atoms with van der Waals surface area (Å²) in [6, 6.07) is 6.58. The van der Waals surface area contributed by atoms with Gasteiger partial charge in [-0.05, 0) is 30.5 Å². The quantitative estimate of drug-likeness (QED) is 0.752. The molecular weight excluding hydrogens is 344 g/mol. The van der Waals surface area contributed by atoms with E-state index >= 15 is 0 Å². The maximum absolute atomic E-state index is 11.7. The zero-order valence-electron chi connectivity index (χ0n) is 12.2. The SMILES string of the molecule is O=C(COc1cccc(Cl)c1)NNC(=O)C[C@H]1CCS(=O)(=O)C1. The summed E-state index contributed by atoms with van der Waals surface area (Å²) in [5.74, 6) is -0.577. The lowest BCUT2D eigenvalue weighted by molar-refractivity contribution is -0.130. The van der Waals surface area contributed by atoms with Gasteiger partial charge in [0.25, 0.3) is 5.91 Å². The molecule has 0 spiro atoms. The highest BCUT2D eigenvalue weighted by molar-refractivity contribution is 7.91. The van der Waals surface area contributed by atoms with Crippen LogP contribution < -0.4 is 15.6 Å². The van der Waals surface area contributed by atoms with Crippen LogP contribution in [-0.4, -0.2) is 38.3 Å². The van der Waals surface area contributed by atoms with E-state index in [1.807, 2.05) is 0 Å². The molecule has 2 rings (SSSR count). The van der Waals surface area contributed by atoms with Crippen LogP contribution in [0.4, 0.5) is 0 Å². The Morgan fingerprint density at radius 3 is 2.65 bits per heavy atom. The van der Waals surface area contributed by atoms with E-state index in [2.05, 4.69) is 10.9 Å². The first-order chi connectivity index (χ1) is 10.8. The van der Waals surface area contributed by atoms with Gasteiger partial charge in [-0.2, -0.15) is 0 Å². The van der Waals surface area contributed by atoms with Crippen molar-refractivity contribution in [1.29, 1.82) is 0 Å². The molecule has 1 aliphatic rings. The van der Waals surface area contributed by atoms with Crippen LogP contribution in [0.2, 0.25) is 5.02 Å². The minimum atomic E-state index is -3.01. The summed E-state index contributed by atoms with van der Waals surface area (Å²) in [7, 11) is -3.01. The number of hydrazine groups is 1. The Hall–Kier alpha value is -1.80. The van der Waals surface area contributed by atoms with Crippen molar-refractivity contribution in [3.63, 3.8) is 0 Å². The van der Waals surface area contributed by atoms with Gasteiger partial charge in [0, 0.05) is 11.4 Å². The van der Waals surface area contributed by atoms with Gasteiger partial charge >= 0.3 is 0 Å². The number of nitrogens with one attached hydrogen (secondary N) is 2. The van der Waals surface area contributed by atoms with Crippen LogP contribution in [0.15, 0.2) is 24.3 Å². The van der Waals surface area contributed by atoms with Crippen molar-refractivity contribution in [2.45, 2.75) is 12.8 Å². The fourth-order valence-electron chi connectivity index (χ4n) is 2.23. The molecule has 1 aliphatic heterocycles. The van der Waals surface area contributed by atoms with E-state index in [0.717, 1.165) is 0 Å². The lowest BCUT2D eigenvalue weighted by atomic mass is 10.1. The molecule has 126 valence electrons. The maximum Gasteiger partial charge on any atom is 0.276 e. The van der Waals surface area contributed by atoms with Gasteiger partial charge in [-0.1, -0.05) is 17.7 Å². The normalized spacial score (nSPS) is 19.1. The Bertz CT molecular complexity index is 692. The molecule has 9 heteroatoms. The second kappa shape index (κ2) is 7.65. The molecule has 0 aliphatic carbocycles. The molecule has 1 atom stereocenters. The number of carbonyl (C=O) groups is 2. The van der Waals surface area contributed by atoms with E-state index in [1.54, 1.807) is 24.3 Å². The predicted octanol–water partition coefficient (Wildman–Crippen LogP) is 0.691. The van der Waals surface area contributed by atoms with Crippen LogP contribution in [-0.2, 0) is 19.4 Å². The zero-order valence-corrected chi connectivity index (χ0v) is 13.8. The maximum atomic E-state index is 11.7. The number of carbonyl (C=O) groups excluding carboxylic acids is 2. The van der Waals surface area contributed by atoms with Gasteiger partial charge in [0.15, 0.2) is 16.4 Å². The third-order valence-corrected chi connectivity index (χ3v) is 5.38. The van der Waals surface area contributed by atoms with Gasteiger partial charge in [0.2, 0.25) is 5.91 Å². The van der Waals surface area contributed by atoms with E-state index < -0.39 is 21.7 Å².